The first-order valence-electron chi connectivity index (χ1n) is 7.03. The van der Waals surface area contributed by atoms with Gasteiger partial charge in [0.25, 0.3) is 11.6 Å². The second kappa shape index (κ2) is 7.05. The molecular formula is C14H18N4O5. The van der Waals surface area contributed by atoms with Crippen LogP contribution in [0.4, 0.5) is 16.2 Å². The molecule has 0 aliphatic carbocycles. The Balaban J connectivity index is 2.30. The third-order valence-electron chi connectivity index (χ3n) is 3.66. The number of carbonyl (C=O) groups is 2. The quantitative estimate of drug-likeness (QED) is 0.661. The molecule has 1 aliphatic heterocycles. The first kappa shape index (κ1) is 16.7. The average molecular weight is 322 g/mol. The predicted octanol–water partition coefficient (Wildman–Crippen LogP) is 1.16. The van der Waals surface area contributed by atoms with E-state index in [1.54, 1.807) is 4.90 Å². The van der Waals surface area contributed by atoms with Crippen LogP contribution in [0.2, 0.25) is 0 Å². The fraction of sp³-hybridized carbons (Fsp3) is 0.429. The van der Waals surface area contributed by atoms with E-state index in [1.807, 2.05) is 7.05 Å². The van der Waals surface area contributed by atoms with E-state index in [0.29, 0.717) is 13.1 Å². The molecule has 0 bridgehead atoms. The zero-order valence-electron chi connectivity index (χ0n) is 12.9. The Morgan fingerprint density at radius 3 is 2.48 bits per heavy atom. The van der Waals surface area contributed by atoms with Crippen molar-refractivity contribution in [1.29, 1.82) is 0 Å². The van der Waals surface area contributed by atoms with E-state index in [0.717, 1.165) is 19.2 Å². The fourth-order valence-corrected chi connectivity index (χ4v) is 2.28. The zero-order valence-corrected chi connectivity index (χ0v) is 12.9. The van der Waals surface area contributed by atoms with Crippen molar-refractivity contribution in [2.75, 3.05) is 45.7 Å². The first-order valence-corrected chi connectivity index (χ1v) is 7.03. The predicted molar refractivity (Wildman–Crippen MR) is 82.5 cm³/mol. The Kier molecular flexibility index (Phi) is 5.12. The van der Waals surface area contributed by atoms with E-state index in [-0.39, 0.29) is 22.8 Å². The molecule has 1 aliphatic rings. The summed E-state index contributed by atoms with van der Waals surface area (Å²) >= 11 is 0. The number of likely N-dealkylation sites (N-methyl/N-ethyl adjacent to an activating group) is 1. The number of benzene rings is 1. The van der Waals surface area contributed by atoms with Crippen LogP contribution < -0.4 is 5.32 Å². The van der Waals surface area contributed by atoms with Gasteiger partial charge in [-0.25, -0.2) is 4.79 Å². The second-order valence-electron chi connectivity index (χ2n) is 5.20. The molecule has 0 atom stereocenters. The lowest BCUT2D eigenvalue weighted by molar-refractivity contribution is -0.384. The summed E-state index contributed by atoms with van der Waals surface area (Å²) in [5, 5.41) is 13.2. The normalized spacial score (nSPS) is 15.1. The van der Waals surface area contributed by atoms with Crippen molar-refractivity contribution >= 4 is 23.4 Å². The van der Waals surface area contributed by atoms with Crippen molar-refractivity contribution in [3.8, 4) is 0 Å². The van der Waals surface area contributed by atoms with Crippen LogP contribution in [0.3, 0.4) is 0 Å². The van der Waals surface area contributed by atoms with Gasteiger partial charge in [-0.15, -0.1) is 0 Å². The van der Waals surface area contributed by atoms with Crippen molar-refractivity contribution in [2.45, 2.75) is 0 Å². The molecule has 0 saturated carbocycles. The summed E-state index contributed by atoms with van der Waals surface area (Å²) in [7, 11) is 3.15. The number of hydrogen-bond donors (Lipinski definition) is 1. The Bertz CT molecular complexity index is 626. The summed E-state index contributed by atoms with van der Waals surface area (Å²) in [6, 6.07) is 3.75. The van der Waals surface area contributed by atoms with Crippen LogP contribution in [-0.4, -0.2) is 67.1 Å². The molecule has 9 heteroatoms. The van der Waals surface area contributed by atoms with Crippen LogP contribution in [0.5, 0.6) is 0 Å². The molecule has 2 rings (SSSR count). The molecule has 1 aromatic carbocycles. The number of anilines is 1. The van der Waals surface area contributed by atoms with E-state index < -0.39 is 11.0 Å². The van der Waals surface area contributed by atoms with Crippen LogP contribution in [-0.2, 0) is 4.74 Å². The molecule has 0 unspecified atom stereocenters. The molecule has 1 heterocycles. The molecular weight excluding hydrogens is 304 g/mol. The molecule has 0 aromatic heterocycles. The number of piperazine rings is 1. The van der Waals surface area contributed by atoms with Gasteiger partial charge < -0.3 is 14.5 Å². The lowest BCUT2D eigenvalue weighted by Gasteiger charge is -2.32. The first-order chi connectivity index (χ1) is 10.9. The molecule has 9 nitrogen and oxygen atoms in total. The summed E-state index contributed by atoms with van der Waals surface area (Å²) in [4.78, 5) is 38.1. The van der Waals surface area contributed by atoms with E-state index in [1.165, 1.54) is 19.2 Å². The van der Waals surface area contributed by atoms with E-state index in [4.69, 9.17) is 0 Å². The van der Waals surface area contributed by atoms with Gasteiger partial charge in [-0.05, 0) is 13.1 Å². The number of nitro groups is 1. The van der Waals surface area contributed by atoms with Crippen molar-refractivity contribution in [3.63, 3.8) is 0 Å². The number of nitrogens with zero attached hydrogens (tertiary/aromatic N) is 3. The third kappa shape index (κ3) is 3.95. The van der Waals surface area contributed by atoms with Crippen molar-refractivity contribution in [1.82, 2.24) is 9.80 Å². The number of hydrogen-bond acceptors (Lipinski definition) is 6. The van der Waals surface area contributed by atoms with Gasteiger partial charge in [-0.3, -0.25) is 20.2 Å². The second-order valence-corrected chi connectivity index (χ2v) is 5.20. The fourth-order valence-electron chi connectivity index (χ4n) is 2.28. The highest BCUT2D eigenvalue weighted by Gasteiger charge is 2.24. The van der Waals surface area contributed by atoms with Crippen LogP contribution in [0.25, 0.3) is 0 Å². The average Bonchev–Trinajstić information content (AvgIpc) is 2.54. The summed E-state index contributed by atoms with van der Waals surface area (Å²) in [6.45, 7) is 2.62. The summed E-state index contributed by atoms with van der Waals surface area (Å²) in [6.07, 6.45) is -0.794. The summed E-state index contributed by atoms with van der Waals surface area (Å²) in [5.41, 5.74) is 0.0480. The number of rotatable bonds is 3. The lowest BCUT2D eigenvalue weighted by Crippen LogP contribution is -2.47. The van der Waals surface area contributed by atoms with Crippen LogP contribution in [0.1, 0.15) is 10.4 Å². The number of carbonyl (C=O) groups excluding carboxylic acids is 2. The van der Waals surface area contributed by atoms with Gasteiger partial charge >= 0.3 is 6.09 Å². The SMILES string of the molecule is COC(=O)Nc1cc([N+](=O)[O-])ccc1C(=O)N1CCN(C)CC1. The topological polar surface area (TPSA) is 105 Å². The van der Waals surface area contributed by atoms with E-state index >= 15 is 0 Å². The molecule has 1 N–H and O–H groups in total. The number of ether oxygens (including phenoxy) is 1. The van der Waals surface area contributed by atoms with Gasteiger partial charge in [0.2, 0.25) is 0 Å². The number of nitrogens with one attached hydrogen (secondary N) is 1. The molecule has 2 amide bonds. The minimum Gasteiger partial charge on any atom is -0.453 e. The molecule has 1 saturated heterocycles. The number of methoxy groups -OCH3 is 1. The summed E-state index contributed by atoms with van der Waals surface area (Å²) in [5.74, 6) is -0.278. The van der Waals surface area contributed by atoms with Gasteiger partial charge in [-0.2, -0.15) is 0 Å². The molecule has 1 fully saturated rings. The maximum atomic E-state index is 12.6. The zero-order chi connectivity index (χ0) is 17.0. The minimum absolute atomic E-state index is 0.0648. The van der Waals surface area contributed by atoms with E-state index in [9.17, 15) is 19.7 Å². The number of nitro benzene ring substituents is 1. The lowest BCUT2D eigenvalue weighted by atomic mass is 10.1. The highest BCUT2D eigenvalue weighted by Crippen LogP contribution is 2.24. The van der Waals surface area contributed by atoms with Crippen LogP contribution in [0.15, 0.2) is 18.2 Å². The largest absolute Gasteiger partial charge is 0.453 e. The Hall–Kier alpha value is -2.68. The monoisotopic (exact) mass is 322 g/mol. The van der Waals surface area contributed by atoms with Gasteiger partial charge in [0, 0.05) is 38.3 Å². The van der Waals surface area contributed by atoms with Gasteiger partial charge in [0.05, 0.1) is 23.3 Å². The van der Waals surface area contributed by atoms with E-state index in [2.05, 4.69) is 15.0 Å². The van der Waals surface area contributed by atoms with Crippen LogP contribution >= 0.6 is 0 Å². The van der Waals surface area contributed by atoms with Gasteiger partial charge in [0.1, 0.15) is 0 Å². The Morgan fingerprint density at radius 2 is 1.91 bits per heavy atom. The third-order valence-corrected chi connectivity index (χ3v) is 3.66. The summed E-state index contributed by atoms with van der Waals surface area (Å²) < 4.78 is 4.50. The maximum Gasteiger partial charge on any atom is 0.411 e. The highest BCUT2D eigenvalue weighted by atomic mass is 16.6. The maximum absolute atomic E-state index is 12.6. The van der Waals surface area contributed by atoms with Crippen molar-refractivity contribution in [3.05, 3.63) is 33.9 Å². The molecule has 124 valence electrons. The standard InChI is InChI=1S/C14H18N4O5/c1-16-5-7-17(8-6-16)13(19)11-4-3-10(18(21)22)9-12(11)15-14(20)23-2/h3-4,9H,5-8H2,1-2H3,(H,15,20). The van der Waals surface area contributed by atoms with Gasteiger partial charge in [-0.1, -0.05) is 0 Å². The number of non-ortho nitro benzene ring substituents is 1. The highest BCUT2D eigenvalue weighted by molar-refractivity contribution is 6.03. The molecule has 1 aromatic rings. The number of amides is 2. The molecule has 0 spiro atoms. The smallest absolute Gasteiger partial charge is 0.411 e. The Labute approximate surface area is 133 Å². The van der Waals surface area contributed by atoms with Gasteiger partial charge in [0.15, 0.2) is 0 Å². The van der Waals surface area contributed by atoms with Crippen molar-refractivity contribution < 1.29 is 19.2 Å². The molecule has 0 radical (unpaired) electrons. The Morgan fingerprint density at radius 1 is 1.26 bits per heavy atom. The van der Waals surface area contributed by atoms with Crippen LogP contribution in [0, 0.1) is 10.1 Å². The minimum atomic E-state index is -0.794. The van der Waals surface area contributed by atoms with Crippen molar-refractivity contribution in [2.24, 2.45) is 0 Å². The molecule has 23 heavy (non-hydrogen) atoms.